The molecule has 0 amide bonds. The van der Waals surface area contributed by atoms with Crippen LogP contribution in [0.25, 0.3) is 0 Å². The Hall–Kier alpha value is -1.60. The van der Waals surface area contributed by atoms with Gasteiger partial charge >= 0.3 is 0 Å². The summed E-state index contributed by atoms with van der Waals surface area (Å²) in [6.45, 7) is 4.35. The van der Waals surface area contributed by atoms with Crippen LogP contribution in [0.5, 0.6) is 0 Å². The fraction of sp³-hybridized carbons (Fsp3) is 0.214. The highest BCUT2D eigenvalue weighted by Gasteiger charge is 2.18. The van der Waals surface area contributed by atoms with Gasteiger partial charge in [0.25, 0.3) is 10.0 Å². The number of nitrogens with one attached hydrogen (secondary N) is 2. The van der Waals surface area contributed by atoms with Gasteiger partial charge in [-0.15, -0.1) is 0 Å². The summed E-state index contributed by atoms with van der Waals surface area (Å²) in [6.07, 6.45) is 0. The van der Waals surface area contributed by atoms with Gasteiger partial charge in [0, 0.05) is 11.0 Å². The van der Waals surface area contributed by atoms with Crippen molar-refractivity contribution in [2.24, 2.45) is 0 Å². The molecule has 1 aromatic heterocycles. The Morgan fingerprint density at radius 3 is 2.57 bits per heavy atom. The summed E-state index contributed by atoms with van der Waals surface area (Å²) >= 11 is 3.34. The van der Waals surface area contributed by atoms with E-state index in [0.717, 1.165) is 10.2 Å². The first-order chi connectivity index (χ1) is 9.94. The van der Waals surface area contributed by atoms with Crippen LogP contribution in [0.15, 0.2) is 45.8 Å². The molecule has 1 aromatic carbocycles. The van der Waals surface area contributed by atoms with Crippen LogP contribution in [-0.4, -0.2) is 19.9 Å². The molecule has 2 rings (SSSR count). The predicted molar refractivity (Wildman–Crippen MR) is 88.1 cm³/mol. The molecule has 112 valence electrons. The van der Waals surface area contributed by atoms with E-state index in [1.54, 1.807) is 43.3 Å². The maximum atomic E-state index is 12.5. The fourth-order valence-corrected chi connectivity index (χ4v) is 3.24. The number of aromatic nitrogens is 1. The molecule has 0 aliphatic carbocycles. The molecule has 0 saturated heterocycles. The number of para-hydroxylation sites is 1. The summed E-state index contributed by atoms with van der Waals surface area (Å²) in [7, 11) is -3.69. The summed E-state index contributed by atoms with van der Waals surface area (Å²) in [5.74, 6) is 0.294. The molecule has 0 radical (unpaired) electrons. The van der Waals surface area contributed by atoms with Crippen LogP contribution in [0, 0.1) is 6.92 Å². The second-order valence-corrected chi connectivity index (χ2v) is 6.90. The van der Waals surface area contributed by atoms with Crippen LogP contribution in [0.1, 0.15) is 12.6 Å². The number of sulfonamides is 1. The lowest BCUT2D eigenvalue weighted by Gasteiger charge is -2.13. The summed E-state index contributed by atoms with van der Waals surface area (Å²) in [6, 6.07) is 10.2. The molecule has 0 aliphatic rings. The van der Waals surface area contributed by atoms with Gasteiger partial charge in [-0.25, -0.2) is 13.4 Å². The van der Waals surface area contributed by atoms with Gasteiger partial charge in [-0.1, -0.05) is 12.1 Å². The van der Waals surface area contributed by atoms with Gasteiger partial charge < -0.3 is 5.32 Å². The standard InChI is InChI=1S/C14H16BrN3O2S/c1-3-16-12-6-4-5-7-13(12)21(19,20)18-14-9-8-11(15)10(2)17-14/h4-9,16H,3H2,1-2H3,(H,17,18). The van der Waals surface area contributed by atoms with E-state index in [0.29, 0.717) is 18.1 Å². The first kappa shape index (κ1) is 15.8. The Labute approximate surface area is 133 Å². The Morgan fingerprint density at radius 1 is 1.19 bits per heavy atom. The van der Waals surface area contributed by atoms with Crippen molar-refractivity contribution in [3.63, 3.8) is 0 Å². The molecule has 1 heterocycles. The quantitative estimate of drug-likeness (QED) is 0.847. The largest absolute Gasteiger partial charge is 0.384 e. The third-order valence-corrected chi connectivity index (χ3v) is 5.06. The first-order valence-electron chi connectivity index (χ1n) is 6.43. The molecular formula is C14H16BrN3O2S. The van der Waals surface area contributed by atoms with Crippen molar-refractivity contribution in [2.75, 3.05) is 16.6 Å². The number of rotatable bonds is 5. The molecule has 0 saturated carbocycles. The van der Waals surface area contributed by atoms with Crippen molar-refractivity contribution < 1.29 is 8.42 Å². The third-order valence-electron chi connectivity index (χ3n) is 2.80. The van der Waals surface area contributed by atoms with E-state index in [9.17, 15) is 8.42 Å². The lowest BCUT2D eigenvalue weighted by molar-refractivity contribution is 0.601. The Kier molecular flexibility index (Phi) is 4.84. The van der Waals surface area contributed by atoms with Crippen LogP contribution in [-0.2, 0) is 10.0 Å². The van der Waals surface area contributed by atoms with Crippen LogP contribution < -0.4 is 10.0 Å². The Morgan fingerprint density at radius 2 is 1.90 bits per heavy atom. The zero-order chi connectivity index (χ0) is 15.5. The average Bonchev–Trinajstić information content (AvgIpc) is 2.43. The number of benzene rings is 1. The molecule has 0 bridgehead atoms. The van der Waals surface area contributed by atoms with Gasteiger partial charge in [-0.05, 0) is 54.0 Å². The summed E-state index contributed by atoms with van der Waals surface area (Å²) < 4.78 is 28.3. The van der Waals surface area contributed by atoms with Crippen molar-refractivity contribution >= 4 is 37.5 Å². The molecule has 0 atom stereocenters. The maximum Gasteiger partial charge on any atom is 0.265 e. The topological polar surface area (TPSA) is 71.1 Å². The number of hydrogen-bond acceptors (Lipinski definition) is 4. The van der Waals surface area contributed by atoms with Gasteiger partial charge in [0.05, 0.1) is 11.4 Å². The Balaban J connectivity index is 2.36. The van der Waals surface area contributed by atoms with Gasteiger partial charge in [-0.3, -0.25) is 4.72 Å². The third kappa shape index (κ3) is 3.74. The zero-order valence-electron chi connectivity index (χ0n) is 11.7. The Bertz CT molecular complexity index is 748. The number of halogens is 1. The number of anilines is 2. The van der Waals surface area contributed by atoms with Crippen LogP contribution in [0.2, 0.25) is 0 Å². The van der Waals surface area contributed by atoms with Gasteiger partial charge in [0.2, 0.25) is 0 Å². The van der Waals surface area contributed by atoms with Gasteiger partial charge in [0.1, 0.15) is 10.7 Å². The second kappa shape index (κ2) is 6.44. The zero-order valence-corrected chi connectivity index (χ0v) is 14.1. The van der Waals surface area contributed by atoms with E-state index >= 15 is 0 Å². The van der Waals surface area contributed by atoms with Crippen molar-refractivity contribution in [3.05, 3.63) is 46.6 Å². The molecule has 0 unspecified atom stereocenters. The highest BCUT2D eigenvalue weighted by Crippen LogP contribution is 2.24. The summed E-state index contributed by atoms with van der Waals surface area (Å²) in [5, 5.41) is 3.04. The van der Waals surface area contributed by atoms with Crippen LogP contribution in [0.4, 0.5) is 11.5 Å². The average molecular weight is 370 g/mol. The number of nitrogens with zero attached hydrogens (tertiary/aromatic N) is 1. The van der Waals surface area contributed by atoms with Crippen LogP contribution in [0.3, 0.4) is 0 Å². The van der Waals surface area contributed by atoms with Crippen molar-refractivity contribution in [1.29, 1.82) is 0 Å². The van der Waals surface area contributed by atoms with E-state index < -0.39 is 10.0 Å². The van der Waals surface area contributed by atoms with E-state index in [-0.39, 0.29) is 4.90 Å². The molecular weight excluding hydrogens is 354 g/mol. The van der Waals surface area contributed by atoms with E-state index in [1.165, 1.54) is 0 Å². The molecule has 21 heavy (non-hydrogen) atoms. The van der Waals surface area contributed by atoms with E-state index in [1.807, 2.05) is 6.92 Å². The minimum Gasteiger partial charge on any atom is -0.384 e. The lowest BCUT2D eigenvalue weighted by Crippen LogP contribution is -2.16. The molecule has 0 fully saturated rings. The smallest absolute Gasteiger partial charge is 0.265 e. The van der Waals surface area contributed by atoms with Gasteiger partial charge in [0.15, 0.2) is 0 Å². The molecule has 2 N–H and O–H groups in total. The van der Waals surface area contributed by atoms with E-state index in [2.05, 4.69) is 31.0 Å². The minimum absolute atomic E-state index is 0.203. The molecule has 7 heteroatoms. The van der Waals surface area contributed by atoms with Crippen molar-refractivity contribution in [1.82, 2.24) is 4.98 Å². The normalized spacial score (nSPS) is 11.2. The molecule has 0 spiro atoms. The first-order valence-corrected chi connectivity index (χ1v) is 8.70. The highest BCUT2D eigenvalue weighted by molar-refractivity contribution is 9.10. The molecule has 5 nitrogen and oxygen atoms in total. The minimum atomic E-state index is -3.69. The van der Waals surface area contributed by atoms with E-state index in [4.69, 9.17) is 0 Å². The number of pyridine rings is 1. The maximum absolute atomic E-state index is 12.5. The van der Waals surface area contributed by atoms with Crippen molar-refractivity contribution in [2.45, 2.75) is 18.7 Å². The van der Waals surface area contributed by atoms with Crippen molar-refractivity contribution in [3.8, 4) is 0 Å². The molecule has 2 aromatic rings. The monoisotopic (exact) mass is 369 g/mol. The lowest BCUT2D eigenvalue weighted by atomic mass is 10.3. The fourth-order valence-electron chi connectivity index (χ4n) is 1.83. The van der Waals surface area contributed by atoms with Gasteiger partial charge in [-0.2, -0.15) is 0 Å². The SMILES string of the molecule is CCNc1ccccc1S(=O)(=O)Nc1ccc(Br)c(C)n1. The molecule has 0 aliphatic heterocycles. The highest BCUT2D eigenvalue weighted by atomic mass is 79.9. The predicted octanol–water partition coefficient (Wildman–Crippen LogP) is 3.39. The number of aryl methyl sites for hydroxylation is 1. The summed E-state index contributed by atoms with van der Waals surface area (Å²) in [4.78, 5) is 4.40. The number of hydrogen-bond donors (Lipinski definition) is 2. The second-order valence-electron chi connectivity index (χ2n) is 4.40. The summed E-state index contributed by atoms with van der Waals surface area (Å²) in [5.41, 5.74) is 1.29. The van der Waals surface area contributed by atoms with Crippen LogP contribution >= 0.6 is 15.9 Å².